The van der Waals surface area contributed by atoms with Gasteiger partial charge in [0.05, 0.1) is 19.1 Å². The zero-order valence-electron chi connectivity index (χ0n) is 13.2. The van der Waals surface area contributed by atoms with Gasteiger partial charge in [-0.3, -0.25) is 4.79 Å². The molecule has 1 aliphatic rings. The molecule has 1 fully saturated rings. The topological polar surface area (TPSA) is 38.8 Å². The van der Waals surface area contributed by atoms with Crippen LogP contribution >= 0.6 is 0 Å². The van der Waals surface area contributed by atoms with Crippen molar-refractivity contribution in [3.8, 4) is 0 Å². The summed E-state index contributed by atoms with van der Waals surface area (Å²) in [5.74, 6) is 0.189. The van der Waals surface area contributed by atoms with E-state index in [1.54, 1.807) is 7.11 Å². The fourth-order valence-corrected chi connectivity index (χ4v) is 2.64. The van der Waals surface area contributed by atoms with Crippen molar-refractivity contribution in [2.24, 2.45) is 0 Å². The van der Waals surface area contributed by atoms with Crippen molar-refractivity contribution >= 4 is 5.91 Å². The van der Waals surface area contributed by atoms with E-state index in [1.165, 1.54) is 11.1 Å². The minimum Gasteiger partial charge on any atom is -0.385 e. The van der Waals surface area contributed by atoms with Crippen LogP contribution in [0.3, 0.4) is 0 Å². The summed E-state index contributed by atoms with van der Waals surface area (Å²) >= 11 is 0. The number of amides is 1. The maximum absolute atomic E-state index is 12.5. The van der Waals surface area contributed by atoms with E-state index < -0.39 is 0 Å². The van der Waals surface area contributed by atoms with Crippen LogP contribution in [0.1, 0.15) is 23.1 Å². The Labute approximate surface area is 127 Å². The zero-order chi connectivity index (χ0) is 15.2. The van der Waals surface area contributed by atoms with Crippen molar-refractivity contribution in [2.45, 2.75) is 32.8 Å². The smallest absolute Gasteiger partial charge is 0.227 e. The van der Waals surface area contributed by atoms with E-state index in [2.05, 4.69) is 32.0 Å². The van der Waals surface area contributed by atoms with Crippen molar-refractivity contribution in [3.05, 3.63) is 34.9 Å². The number of hydrogen-bond acceptors (Lipinski definition) is 3. The van der Waals surface area contributed by atoms with Crippen molar-refractivity contribution in [2.75, 3.05) is 33.4 Å². The van der Waals surface area contributed by atoms with Gasteiger partial charge in [-0.05, 0) is 31.4 Å². The summed E-state index contributed by atoms with van der Waals surface area (Å²) < 4.78 is 10.8. The van der Waals surface area contributed by atoms with E-state index in [0.717, 1.165) is 12.0 Å². The number of carbonyl (C=O) groups excluding carboxylic acids is 1. The van der Waals surface area contributed by atoms with Crippen LogP contribution in [-0.2, 0) is 20.7 Å². The summed E-state index contributed by atoms with van der Waals surface area (Å²) in [6, 6.07) is 6.27. The predicted octanol–water partition coefficient (Wildman–Crippen LogP) is 2.11. The summed E-state index contributed by atoms with van der Waals surface area (Å²) in [6.07, 6.45) is 1.41. The lowest BCUT2D eigenvalue weighted by molar-refractivity contribution is -0.138. The average Bonchev–Trinajstić information content (AvgIpc) is 2.49. The maximum atomic E-state index is 12.5. The third-order valence-electron chi connectivity index (χ3n) is 3.98. The molecule has 4 heteroatoms. The normalized spacial score (nSPS) is 18.8. The molecular formula is C17H25NO3. The van der Waals surface area contributed by atoms with Gasteiger partial charge in [-0.2, -0.15) is 0 Å². The lowest BCUT2D eigenvalue weighted by Crippen LogP contribution is -2.46. The van der Waals surface area contributed by atoms with Gasteiger partial charge in [-0.1, -0.05) is 23.8 Å². The molecule has 1 saturated heterocycles. The summed E-state index contributed by atoms with van der Waals surface area (Å²) in [4.78, 5) is 14.4. The molecule has 0 spiro atoms. The Morgan fingerprint density at radius 3 is 3.00 bits per heavy atom. The minimum absolute atomic E-state index is 0.0984. The Balaban J connectivity index is 1.94. The van der Waals surface area contributed by atoms with Gasteiger partial charge in [0.1, 0.15) is 0 Å². The van der Waals surface area contributed by atoms with Crippen molar-refractivity contribution < 1.29 is 14.3 Å². The highest BCUT2D eigenvalue weighted by atomic mass is 16.5. The third kappa shape index (κ3) is 4.55. The largest absolute Gasteiger partial charge is 0.385 e. The Hall–Kier alpha value is -1.39. The molecule has 2 rings (SSSR count). The Kier molecular flexibility index (Phi) is 5.76. The van der Waals surface area contributed by atoms with Crippen molar-refractivity contribution in [1.82, 2.24) is 4.90 Å². The fourth-order valence-electron chi connectivity index (χ4n) is 2.64. The van der Waals surface area contributed by atoms with Crippen LogP contribution in [-0.4, -0.2) is 50.3 Å². The summed E-state index contributed by atoms with van der Waals surface area (Å²) in [6.45, 7) is 6.77. The Morgan fingerprint density at radius 2 is 2.24 bits per heavy atom. The number of nitrogens with zero attached hydrogens (tertiary/aromatic N) is 1. The van der Waals surface area contributed by atoms with Crippen molar-refractivity contribution in [3.63, 3.8) is 0 Å². The molecule has 1 aromatic rings. The van der Waals surface area contributed by atoms with Crippen LogP contribution in [0.2, 0.25) is 0 Å². The molecule has 1 aromatic carbocycles. The highest BCUT2D eigenvalue weighted by Gasteiger charge is 2.24. The molecule has 0 N–H and O–H groups in total. The summed E-state index contributed by atoms with van der Waals surface area (Å²) in [5, 5.41) is 0. The van der Waals surface area contributed by atoms with Crippen LogP contribution in [0.4, 0.5) is 0 Å². The molecule has 0 saturated carbocycles. The first kappa shape index (κ1) is 16.0. The van der Waals surface area contributed by atoms with E-state index in [0.29, 0.717) is 32.7 Å². The first-order valence-corrected chi connectivity index (χ1v) is 7.54. The molecule has 1 heterocycles. The number of morpholine rings is 1. The van der Waals surface area contributed by atoms with Gasteiger partial charge in [0.15, 0.2) is 0 Å². The molecule has 1 amide bonds. The summed E-state index contributed by atoms with van der Waals surface area (Å²) in [5.41, 5.74) is 3.50. The van der Waals surface area contributed by atoms with Crippen LogP contribution in [0.25, 0.3) is 0 Å². The maximum Gasteiger partial charge on any atom is 0.227 e. The lowest BCUT2D eigenvalue weighted by atomic mass is 10.0. The molecule has 21 heavy (non-hydrogen) atoms. The van der Waals surface area contributed by atoms with Gasteiger partial charge in [0.2, 0.25) is 5.91 Å². The second kappa shape index (κ2) is 7.57. The quantitative estimate of drug-likeness (QED) is 0.834. The predicted molar refractivity (Wildman–Crippen MR) is 82.4 cm³/mol. The molecule has 0 unspecified atom stereocenters. The lowest BCUT2D eigenvalue weighted by Gasteiger charge is -2.33. The number of aryl methyl sites for hydroxylation is 2. The second-order valence-corrected chi connectivity index (χ2v) is 5.72. The molecule has 0 aromatic heterocycles. The number of rotatable bonds is 5. The summed E-state index contributed by atoms with van der Waals surface area (Å²) in [7, 11) is 1.69. The monoisotopic (exact) mass is 291 g/mol. The van der Waals surface area contributed by atoms with Crippen molar-refractivity contribution in [1.29, 1.82) is 0 Å². The van der Waals surface area contributed by atoms with Crippen LogP contribution in [0.15, 0.2) is 18.2 Å². The number of methoxy groups -OCH3 is 1. The first-order valence-electron chi connectivity index (χ1n) is 7.54. The molecule has 1 aliphatic heterocycles. The molecule has 4 nitrogen and oxygen atoms in total. The zero-order valence-corrected chi connectivity index (χ0v) is 13.2. The van der Waals surface area contributed by atoms with E-state index in [1.807, 2.05) is 4.90 Å². The molecular weight excluding hydrogens is 266 g/mol. The number of hydrogen-bond donors (Lipinski definition) is 0. The van der Waals surface area contributed by atoms with Gasteiger partial charge in [-0.25, -0.2) is 0 Å². The first-order chi connectivity index (χ1) is 10.1. The second-order valence-electron chi connectivity index (χ2n) is 5.72. The molecule has 0 radical (unpaired) electrons. The van der Waals surface area contributed by atoms with Gasteiger partial charge in [-0.15, -0.1) is 0 Å². The average molecular weight is 291 g/mol. The Morgan fingerprint density at radius 1 is 1.43 bits per heavy atom. The highest BCUT2D eigenvalue weighted by Crippen LogP contribution is 2.15. The van der Waals surface area contributed by atoms with Crippen LogP contribution < -0.4 is 0 Å². The number of ether oxygens (including phenoxy) is 2. The van der Waals surface area contributed by atoms with Crippen LogP contribution in [0.5, 0.6) is 0 Å². The van der Waals surface area contributed by atoms with Gasteiger partial charge in [0, 0.05) is 26.8 Å². The number of carbonyl (C=O) groups is 1. The van der Waals surface area contributed by atoms with Gasteiger partial charge in [0.25, 0.3) is 0 Å². The SMILES string of the molecule is COCC[C@H]1CN(C(=O)Cc2cc(C)ccc2C)CCO1. The standard InChI is InChI=1S/C17H25NO3/c1-13-4-5-14(2)15(10-13)11-17(19)18-7-9-21-16(12-18)6-8-20-3/h4-5,10,16H,6-9,11-12H2,1-3H3/t16-/m0/s1. The van der Waals surface area contributed by atoms with Crippen LogP contribution in [0, 0.1) is 13.8 Å². The fraction of sp³-hybridized carbons (Fsp3) is 0.588. The molecule has 1 atom stereocenters. The molecule has 0 bridgehead atoms. The van der Waals surface area contributed by atoms with E-state index in [4.69, 9.17) is 9.47 Å². The minimum atomic E-state index is 0.0984. The molecule has 116 valence electrons. The van der Waals surface area contributed by atoms with E-state index in [9.17, 15) is 4.79 Å². The highest BCUT2D eigenvalue weighted by molar-refractivity contribution is 5.79. The van der Waals surface area contributed by atoms with Gasteiger partial charge < -0.3 is 14.4 Å². The van der Waals surface area contributed by atoms with Gasteiger partial charge >= 0.3 is 0 Å². The number of benzene rings is 1. The Bertz CT molecular complexity index is 487. The molecule has 0 aliphatic carbocycles. The van der Waals surface area contributed by atoms with E-state index >= 15 is 0 Å². The third-order valence-corrected chi connectivity index (χ3v) is 3.98. The van der Waals surface area contributed by atoms with E-state index in [-0.39, 0.29) is 12.0 Å².